The summed E-state index contributed by atoms with van der Waals surface area (Å²) in [7, 11) is 0. The van der Waals surface area contributed by atoms with Crippen molar-refractivity contribution in [3.8, 4) is 0 Å². The van der Waals surface area contributed by atoms with Gasteiger partial charge in [0.15, 0.2) is 0 Å². The van der Waals surface area contributed by atoms with Gasteiger partial charge in [-0.3, -0.25) is 4.79 Å². The minimum absolute atomic E-state index is 0.0223. The molecule has 120 valence electrons. The molecule has 1 aliphatic heterocycles. The lowest BCUT2D eigenvalue weighted by atomic mass is 10.0. The minimum Gasteiger partial charge on any atom is -0.362 e. The molecule has 0 unspecified atom stereocenters. The predicted molar refractivity (Wildman–Crippen MR) is 95.0 cm³/mol. The van der Waals surface area contributed by atoms with Crippen LogP contribution in [0.25, 0.3) is 0 Å². The Hall–Kier alpha value is -2.00. The van der Waals surface area contributed by atoms with Crippen LogP contribution in [0.4, 0.5) is 5.69 Å². The largest absolute Gasteiger partial charge is 0.362 e. The Morgan fingerprint density at radius 3 is 2.78 bits per heavy atom. The third-order valence-electron chi connectivity index (χ3n) is 4.29. The molecule has 3 rings (SSSR count). The van der Waals surface area contributed by atoms with Crippen LogP contribution in [-0.2, 0) is 11.2 Å². The Labute approximate surface area is 142 Å². The highest BCUT2D eigenvalue weighted by atomic mass is 35.5. The van der Waals surface area contributed by atoms with Crippen LogP contribution in [0.5, 0.6) is 0 Å². The third-order valence-corrected chi connectivity index (χ3v) is 4.63. The number of rotatable bonds is 4. The number of carbonyl (C=O) groups excluding carboxylic acids is 1. The van der Waals surface area contributed by atoms with Crippen LogP contribution in [0.1, 0.15) is 30.5 Å². The van der Waals surface area contributed by atoms with Crippen molar-refractivity contribution in [2.24, 2.45) is 0 Å². The van der Waals surface area contributed by atoms with Crippen molar-refractivity contribution in [2.75, 3.05) is 18.0 Å². The molecule has 3 nitrogen and oxygen atoms in total. The van der Waals surface area contributed by atoms with Crippen molar-refractivity contribution in [2.45, 2.75) is 25.8 Å². The van der Waals surface area contributed by atoms with Crippen LogP contribution in [0, 0.1) is 0 Å². The number of fused-ring (bicyclic) bond motifs is 1. The van der Waals surface area contributed by atoms with Crippen molar-refractivity contribution in [1.82, 2.24) is 5.32 Å². The molecule has 0 radical (unpaired) electrons. The first-order chi connectivity index (χ1) is 11.1. The van der Waals surface area contributed by atoms with E-state index in [1.165, 1.54) is 11.3 Å². The first-order valence-corrected chi connectivity index (χ1v) is 8.39. The second kappa shape index (κ2) is 7.05. The Morgan fingerprint density at radius 1 is 1.22 bits per heavy atom. The Kier molecular flexibility index (Phi) is 4.87. The summed E-state index contributed by atoms with van der Waals surface area (Å²) < 4.78 is 0. The maximum atomic E-state index is 12.4. The van der Waals surface area contributed by atoms with Gasteiger partial charge in [0.05, 0.1) is 12.6 Å². The van der Waals surface area contributed by atoms with Gasteiger partial charge in [-0.05, 0) is 43.0 Å². The van der Waals surface area contributed by atoms with Gasteiger partial charge in [0.1, 0.15) is 0 Å². The van der Waals surface area contributed by atoms with Gasteiger partial charge in [-0.1, -0.05) is 48.0 Å². The van der Waals surface area contributed by atoms with Gasteiger partial charge in [-0.2, -0.15) is 0 Å². The highest BCUT2D eigenvalue weighted by molar-refractivity contribution is 6.31. The van der Waals surface area contributed by atoms with Crippen molar-refractivity contribution >= 4 is 23.2 Å². The summed E-state index contributed by atoms with van der Waals surface area (Å²) in [6.45, 7) is 3.26. The van der Waals surface area contributed by atoms with Gasteiger partial charge in [0.25, 0.3) is 0 Å². The van der Waals surface area contributed by atoms with Crippen molar-refractivity contribution in [3.63, 3.8) is 0 Å². The molecule has 1 atom stereocenters. The highest BCUT2D eigenvalue weighted by Crippen LogP contribution is 2.26. The molecular weight excluding hydrogens is 308 g/mol. The number of carbonyl (C=O) groups is 1. The van der Waals surface area contributed by atoms with Crippen LogP contribution in [-0.4, -0.2) is 19.0 Å². The zero-order chi connectivity index (χ0) is 16.2. The fourth-order valence-corrected chi connectivity index (χ4v) is 3.44. The summed E-state index contributed by atoms with van der Waals surface area (Å²) in [5.41, 5.74) is 3.45. The van der Waals surface area contributed by atoms with E-state index in [0.717, 1.165) is 24.9 Å². The fraction of sp³-hybridized carbons (Fsp3) is 0.316. The normalized spacial score (nSPS) is 15.0. The second-order valence-corrected chi connectivity index (χ2v) is 6.37. The topological polar surface area (TPSA) is 32.3 Å². The monoisotopic (exact) mass is 328 g/mol. The van der Waals surface area contributed by atoms with Crippen LogP contribution in [0.2, 0.25) is 5.02 Å². The maximum Gasteiger partial charge on any atom is 0.239 e. The zero-order valence-electron chi connectivity index (χ0n) is 13.3. The van der Waals surface area contributed by atoms with Crippen LogP contribution >= 0.6 is 11.6 Å². The number of anilines is 1. The lowest BCUT2D eigenvalue weighted by molar-refractivity contribution is -0.120. The minimum atomic E-state index is -0.101. The third kappa shape index (κ3) is 3.67. The van der Waals surface area contributed by atoms with Gasteiger partial charge in [0, 0.05) is 17.3 Å². The molecule has 1 heterocycles. The molecule has 1 aliphatic rings. The lowest BCUT2D eigenvalue weighted by Gasteiger charge is -2.31. The van der Waals surface area contributed by atoms with Crippen molar-refractivity contribution in [1.29, 1.82) is 0 Å². The average molecular weight is 329 g/mol. The molecule has 0 bridgehead atoms. The highest BCUT2D eigenvalue weighted by Gasteiger charge is 2.20. The number of hydrogen-bond donors (Lipinski definition) is 1. The molecule has 0 fully saturated rings. The van der Waals surface area contributed by atoms with E-state index in [1.54, 1.807) is 0 Å². The van der Waals surface area contributed by atoms with Gasteiger partial charge in [-0.25, -0.2) is 0 Å². The standard InChI is InChI=1S/C19H21ClN2O/c1-14(16-9-3-4-10-17(16)20)21-19(23)13-22-12-6-8-15-7-2-5-11-18(15)22/h2-5,7,9-11,14H,6,8,12-13H2,1H3,(H,21,23)/t14-/m1/s1. The zero-order valence-corrected chi connectivity index (χ0v) is 14.0. The number of halogens is 1. The number of benzene rings is 2. The summed E-state index contributed by atoms with van der Waals surface area (Å²) in [6, 6.07) is 15.9. The molecule has 1 amide bonds. The van der Waals surface area contributed by atoms with Gasteiger partial charge < -0.3 is 10.2 Å². The number of amides is 1. The molecule has 1 N–H and O–H groups in total. The summed E-state index contributed by atoms with van der Waals surface area (Å²) in [5.74, 6) is 0.0223. The van der Waals surface area contributed by atoms with Crippen molar-refractivity contribution in [3.05, 3.63) is 64.7 Å². The smallest absolute Gasteiger partial charge is 0.239 e. The van der Waals surface area contributed by atoms with E-state index in [1.807, 2.05) is 37.3 Å². The Morgan fingerprint density at radius 2 is 1.96 bits per heavy atom. The van der Waals surface area contributed by atoms with E-state index < -0.39 is 0 Å². The molecule has 0 spiro atoms. The van der Waals surface area contributed by atoms with Gasteiger partial charge >= 0.3 is 0 Å². The number of nitrogens with zero attached hydrogens (tertiary/aromatic N) is 1. The first-order valence-electron chi connectivity index (χ1n) is 8.02. The molecule has 2 aromatic carbocycles. The second-order valence-electron chi connectivity index (χ2n) is 5.96. The van der Waals surface area contributed by atoms with E-state index in [9.17, 15) is 4.79 Å². The van der Waals surface area contributed by atoms with E-state index in [0.29, 0.717) is 11.6 Å². The lowest BCUT2D eigenvalue weighted by Crippen LogP contribution is -2.40. The van der Waals surface area contributed by atoms with E-state index in [-0.39, 0.29) is 11.9 Å². The average Bonchev–Trinajstić information content (AvgIpc) is 2.55. The Bertz CT molecular complexity index is 701. The quantitative estimate of drug-likeness (QED) is 0.921. The molecule has 4 heteroatoms. The molecule has 0 aromatic heterocycles. The molecule has 0 saturated carbocycles. The van der Waals surface area contributed by atoms with Crippen molar-refractivity contribution < 1.29 is 4.79 Å². The molecule has 2 aromatic rings. The maximum absolute atomic E-state index is 12.4. The Balaban J connectivity index is 1.65. The first kappa shape index (κ1) is 15.9. The number of hydrogen-bond acceptors (Lipinski definition) is 2. The molecule has 0 aliphatic carbocycles. The fourth-order valence-electron chi connectivity index (χ4n) is 3.14. The SMILES string of the molecule is C[C@@H](NC(=O)CN1CCCc2ccccc21)c1ccccc1Cl. The van der Waals surface area contributed by atoms with Crippen LogP contribution in [0.3, 0.4) is 0 Å². The predicted octanol–water partition coefficient (Wildman–Crippen LogP) is 3.97. The number of nitrogens with one attached hydrogen (secondary N) is 1. The number of aryl methyl sites for hydroxylation is 1. The van der Waals surface area contributed by atoms with Crippen LogP contribution < -0.4 is 10.2 Å². The molecule has 23 heavy (non-hydrogen) atoms. The number of para-hydroxylation sites is 1. The van der Waals surface area contributed by atoms with E-state index in [2.05, 4.69) is 28.4 Å². The van der Waals surface area contributed by atoms with Crippen LogP contribution in [0.15, 0.2) is 48.5 Å². The van der Waals surface area contributed by atoms with E-state index >= 15 is 0 Å². The summed E-state index contributed by atoms with van der Waals surface area (Å²) in [4.78, 5) is 14.6. The summed E-state index contributed by atoms with van der Waals surface area (Å²) in [6.07, 6.45) is 2.18. The van der Waals surface area contributed by atoms with Gasteiger partial charge in [0.2, 0.25) is 5.91 Å². The summed E-state index contributed by atoms with van der Waals surface area (Å²) >= 11 is 6.20. The summed E-state index contributed by atoms with van der Waals surface area (Å²) in [5, 5.41) is 3.73. The molecule has 0 saturated heterocycles. The van der Waals surface area contributed by atoms with E-state index in [4.69, 9.17) is 11.6 Å². The van der Waals surface area contributed by atoms with Gasteiger partial charge in [-0.15, -0.1) is 0 Å². The molecular formula is C19H21ClN2O.